The van der Waals surface area contributed by atoms with Crippen molar-refractivity contribution in [1.82, 2.24) is 4.90 Å². The van der Waals surface area contributed by atoms with Crippen molar-refractivity contribution in [1.29, 1.82) is 0 Å². The van der Waals surface area contributed by atoms with E-state index in [9.17, 15) is 9.59 Å². The lowest BCUT2D eigenvalue weighted by Gasteiger charge is -2.33. The van der Waals surface area contributed by atoms with Gasteiger partial charge in [0.2, 0.25) is 5.91 Å². The van der Waals surface area contributed by atoms with Crippen LogP contribution in [0, 0.1) is 23.2 Å². The number of ketones is 1. The molecule has 0 heterocycles. The summed E-state index contributed by atoms with van der Waals surface area (Å²) in [6, 6.07) is 0. The van der Waals surface area contributed by atoms with Gasteiger partial charge in [-0.25, -0.2) is 0 Å². The van der Waals surface area contributed by atoms with Crippen LogP contribution in [-0.4, -0.2) is 29.7 Å². The van der Waals surface area contributed by atoms with Crippen LogP contribution in [0.4, 0.5) is 0 Å². The molecule has 3 aliphatic rings. The molecular weight excluding hydrogens is 226 g/mol. The van der Waals surface area contributed by atoms with Crippen LogP contribution in [0.15, 0.2) is 24.3 Å². The van der Waals surface area contributed by atoms with Crippen LogP contribution in [0.1, 0.15) is 20.3 Å². The summed E-state index contributed by atoms with van der Waals surface area (Å²) in [7, 11) is 0. The summed E-state index contributed by atoms with van der Waals surface area (Å²) in [5.74, 6) is 0.564. The summed E-state index contributed by atoms with van der Waals surface area (Å²) in [5.41, 5.74) is -0.867. The summed E-state index contributed by atoms with van der Waals surface area (Å²) >= 11 is 0. The summed E-state index contributed by atoms with van der Waals surface area (Å²) in [4.78, 5) is 27.1. The van der Waals surface area contributed by atoms with E-state index < -0.39 is 5.41 Å². The lowest BCUT2D eigenvalue weighted by atomic mass is 9.74. The summed E-state index contributed by atoms with van der Waals surface area (Å²) in [5, 5.41) is 0. The van der Waals surface area contributed by atoms with Crippen LogP contribution in [-0.2, 0) is 9.59 Å². The molecule has 3 heteroatoms. The Morgan fingerprint density at radius 2 is 2.11 bits per heavy atom. The SMILES string of the molecule is CCN(CC)C(=O)[C@@]12C=C[C@@H](C1=O)[C@@H]1CC=C[C@@H]12. The van der Waals surface area contributed by atoms with Gasteiger partial charge in [0.05, 0.1) is 0 Å². The normalized spacial score (nSPS) is 39.4. The number of Topliss-reactive ketones (excluding diaryl/α,β-unsaturated/α-hetero) is 1. The van der Waals surface area contributed by atoms with Gasteiger partial charge in [0.25, 0.3) is 0 Å². The van der Waals surface area contributed by atoms with Crippen molar-refractivity contribution in [2.24, 2.45) is 23.2 Å². The van der Waals surface area contributed by atoms with Crippen molar-refractivity contribution in [3.8, 4) is 0 Å². The van der Waals surface area contributed by atoms with E-state index in [1.54, 1.807) is 4.90 Å². The number of fused-ring (bicyclic) bond motifs is 5. The zero-order valence-electron chi connectivity index (χ0n) is 10.9. The zero-order chi connectivity index (χ0) is 12.9. The van der Waals surface area contributed by atoms with Crippen LogP contribution < -0.4 is 0 Å². The van der Waals surface area contributed by atoms with Crippen molar-refractivity contribution in [3.05, 3.63) is 24.3 Å². The van der Waals surface area contributed by atoms with Gasteiger partial charge >= 0.3 is 0 Å². The van der Waals surface area contributed by atoms with E-state index in [-0.39, 0.29) is 23.5 Å². The van der Waals surface area contributed by atoms with Crippen LogP contribution in [0.3, 0.4) is 0 Å². The first-order chi connectivity index (χ1) is 8.66. The molecule has 1 fully saturated rings. The Kier molecular flexibility index (Phi) is 2.47. The van der Waals surface area contributed by atoms with Crippen LogP contribution in [0.25, 0.3) is 0 Å². The first-order valence-corrected chi connectivity index (χ1v) is 6.86. The molecule has 18 heavy (non-hydrogen) atoms. The molecule has 0 radical (unpaired) electrons. The highest BCUT2D eigenvalue weighted by Gasteiger charge is 2.65. The standard InChI is InChI=1S/C15H19NO2/c1-3-16(4-2)14(18)15-9-8-11(13(15)17)10-6-5-7-12(10)15/h5,7-12H,3-4,6H2,1-2H3/t10-,11+,12-,15+/m0/s1. The largest absolute Gasteiger partial charge is 0.342 e. The third-order valence-electron chi connectivity index (χ3n) is 4.88. The molecule has 0 aromatic rings. The molecule has 0 aromatic heterocycles. The summed E-state index contributed by atoms with van der Waals surface area (Å²) < 4.78 is 0. The minimum Gasteiger partial charge on any atom is -0.342 e. The fourth-order valence-corrected chi connectivity index (χ4v) is 3.94. The number of amides is 1. The second-order valence-corrected chi connectivity index (χ2v) is 5.45. The van der Waals surface area contributed by atoms with Crippen molar-refractivity contribution < 1.29 is 9.59 Å². The highest BCUT2D eigenvalue weighted by molar-refractivity contribution is 6.14. The molecule has 4 atom stereocenters. The van der Waals surface area contributed by atoms with Crippen molar-refractivity contribution in [2.75, 3.05) is 13.1 Å². The maximum atomic E-state index is 12.8. The number of carbonyl (C=O) groups excluding carboxylic acids is 2. The molecule has 2 bridgehead atoms. The molecule has 0 aromatic carbocycles. The Morgan fingerprint density at radius 3 is 2.78 bits per heavy atom. The molecule has 3 aliphatic carbocycles. The van der Waals surface area contributed by atoms with E-state index in [1.165, 1.54) is 0 Å². The fraction of sp³-hybridized carbons (Fsp3) is 0.600. The molecule has 3 rings (SSSR count). The monoisotopic (exact) mass is 245 g/mol. The zero-order valence-corrected chi connectivity index (χ0v) is 10.9. The van der Waals surface area contributed by atoms with Gasteiger partial charge in [0.15, 0.2) is 5.78 Å². The van der Waals surface area contributed by atoms with E-state index >= 15 is 0 Å². The van der Waals surface area contributed by atoms with Gasteiger partial charge in [0, 0.05) is 24.9 Å². The Hall–Kier alpha value is -1.38. The van der Waals surface area contributed by atoms with E-state index in [0.29, 0.717) is 19.0 Å². The molecule has 96 valence electrons. The second-order valence-electron chi connectivity index (χ2n) is 5.45. The van der Waals surface area contributed by atoms with Gasteiger partial charge in [0.1, 0.15) is 5.41 Å². The number of hydrogen-bond donors (Lipinski definition) is 0. The molecule has 3 nitrogen and oxygen atoms in total. The Labute approximate surface area is 108 Å². The first-order valence-electron chi connectivity index (χ1n) is 6.86. The van der Waals surface area contributed by atoms with Gasteiger partial charge in [-0.2, -0.15) is 0 Å². The number of allylic oxidation sites excluding steroid dienone is 3. The Morgan fingerprint density at radius 1 is 1.39 bits per heavy atom. The number of hydrogen-bond acceptors (Lipinski definition) is 2. The van der Waals surface area contributed by atoms with Gasteiger partial charge in [-0.05, 0) is 26.2 Å². The lowest BCUT2D eigenvalue weighted by Crippen LogP contribution is -2.47. The third kappa shape index (κ3) is 1.15. The summed E-state index contributed by atoms with van der Waals surface area (Å²) in [6.45, 7) is 5.28. The van der Waals surface area contributed by atoms with Gasteiger partial charge in [-0.15, -0.1) is 0 Å². The molecule has 0 aliphatic heterocycles. The molecule has 1 amide bonds. The number of rotatable bonds is 3. The minimum atomic E-state index is -0.867. The molecule has 0 spiro atoms. The third-order valence-corrected chi connectivity index (χ3v) is 4.88. The van der Waals surface area contributed by atoms with Crippen LogP contribution >= 0.6 is 0 Å². The fourth-order valence-electron chi connectivity index (χ4n) is 3.94. The van der Waals surface area contributed by atoms with Crippen LogP contribution in [0.5, 0.6) is 0 Å². The number of carbonyl (C=O) groups is 2. The molecule has 1 saturated carbocycles. The van der Waals surface area contributed by atoms with E-state index in [0.717, 1.165) is 6.42 Å². The Bertz CT molecular complexity index is 461. The van der Waals surface area contributed by atoms with E-state index in [4.69, 9.17) is 0 Å². The van der Waals surface area contributed by atoms with Gasteiger partial charge in [-0.3, -0.25) is 9.59 Å². The minimum absolute atomic E-state index is 0.00954. The maximum Gasteiger partial charge on any atom is 0.240 e. The second kappa shape index (κ2) is 3.81. The smallest absolute Gasteiger partial charge is 0.240 e. The highest BCUT2D eigenvalue weighted by Crippen LogP contribution is 2.58. The molecule has 0 N–H and O–H groups in total. The lowest BCUT2D eigenvalue weighted by molar-refractivity contribution is -0.145. The van der Waals surface area contributed by atoms with Crippen molar-refractivity contribution >= 4 is 11.7 Å². The van der Waals surface area contributed by atoms with Gasteiger partial charge in [-0.1, -0.05) is 24.3 Å². The molecule has 0 saturated heterocycles. The van der Waals surface area contributed by atoms with Crippen molar-refractivity contribution in [2.45, 2.75) is 20.3 Å². The summed E-state index contributed by atoms with van der Waals surface area (Å²) in [6.07, 6.45) is 9.02. The van der Waals surface area contributed by atoms with E-state index in [1.807, 2.05) is 26.0 Å². The quantitative estimate of drug-likeness (QED) is 0.561. The molecular formula is C15H19NO2. The number of nitrogens with zero attached hydrogens (tertiary/aromatic N) is 1. The van der Waals surface area contributed by atoms with E-state index in [2.05, 4.69) is 12.2 Å². The maximum absolute atomic E-state index is 12.8. The first kappa shape index (κ1) is 11.7. The predicted octanol–water partition coefficient (Wildman–Crippen LogP) is 1.80. The van der Waals surface area contributed by atoms with Crippen LogP contribution in [0.2, 0.25) is 0 Å². The highest BCUT2D eigenvalue weighted by atomic mass is 16.2. The average molecular weight is 245 g/mol. The van der Waals surface area contributed by atoms with Gasteiger partial charge < -0.3 is 4.90 Å². The molecule has 0 unspecified atom stereocenters. The van der Waals surface area contributed by atoms with Crippen molar-refractivity contribution in [3.63, 3.8) is 0 Å². The predicted molar refractivity (Wildman–Crippen MR) is 68.7 cm³/mol. The average Bonchev–Trinajstić information content (AvgIpc) is 3.02. The Balaban J connectivity index is 2.03. The topological polar surface area (TPSA) is 37.4 Å².